The summed E-state index contributed by atoms with van der Waals surface area (Å²) in [5, 5.41) is 4.59. The van der Waals surface area contributed by atoms with Gasteiger partial charge in [0.15, 0.2) is 0 Å². The Morgan fingerprint density at radius 1 is 0.340 bits per heavy atom. The number of ether oxygens (including phenoxy) is 1. The first kappa shape index (κ1) is 29.8. The van der Waals surface area contributed by atoms with E-state index >= 15 is 0 Å². The molecule has 0 atom stereocenters. The van der Waals surface area contributed by atoms with E-state index in [0.717, 1.165) is 39.3 Å². The summed E-state index contributed by atoms with van der Waals surface area (Å²) in [5.41, 5.74) is 12.5. The van der Waals surface area contributed by atoms with Crippen molar-refractivity contribution in [3.63, 3.8) is 0 Å². The van der Waals surface area contributed by atoms with Crippen LogP contribution in [0.5, 0.6) is 11.5 Å². The monoisotopic (exact) mass is 675 g/mol. The third kappa shape index (κ3) is 4.33. The first-order chi connectivity index (χ1) is 26.3. The predicted octanol–water partition coefficient (Wildman–Crippen LogP) is 13.6. The Bertz CT molecular complexity index is 2770. The molecule has 11 rings (SSSR count). The summed E-state index contributed by atoms with van der Waals surface area (Å²) in [6.07, 6.45) is 0. The Kier molecular flexibility index (Phi) is 6.50. The molecule has 2 aliphatic rings. The summed E-state index contributed by atoms with van der Waals surface area (Å²) in [6, 6.07) is 72.6. The molecule has 0 fully saturated rings. The van der Waals surface area contributed by atoms with E-state index in [-0.39, 0.29) is 0 Å². The van der Waals surface area contributed by atoms with Gasteiger partial charge < -0.3 is 9.64 Å². The highest BCUT2D eigenvalue weighted by atomic mass is 16.5. The van der Waals surface area contributed by atoms with E-state index in [0.29, 0.717) is 0 Å². The van der Waals surface area contributed by atoms with Gasteiger partial charge >= 0.3 is 0 Å². The molecule has 9 aromatic carbocycles. The van der Waals surface area contributed by atoms with Crippen molar-refractivity contribution in [1.82, 2.24) is 0 Å². The van der Waals surface area contributed by atoms with Gasteiger partial charge in [-0.3, -0.25) is 0 Å². The van der Waals surface area contributed by atoms with Crippen molar-refractivity contribution in [3.05, 3.63) is 222 Å². The molecular formula is C51H33NO. The van der Waals surface area contributed by atoms with Crippen molar-refractivity contribution in [2.24, 2.45) is 0 Å². The van der Waals surface area contributed by atoms with E-state index in [9.17, 15) is 0 Å². The molecular weight excluding hydrogens is 643 g/mol. The first-order valence-corrected chi connectivity index (χ1v) is 18.3. The Morgan fingerprint density at radius 2 is 0.830 bits per heavy atom. The van der Waals surface area contributed by atoms with Gasteiger partial charge in [-0.2, -0.15) is 0 Å². The maximum Gasteiger partial charge on any atom is 0.140 e. The van der Waals surface area contributed by atoms with Gasteiger partial charge in [0.2, 0.25) is 0 Å². The lowest BCUT2D eigenvalue weighted by Crippen LogP contribution is -2.32. The lowest BCUT2D eigenvalue weighted by atomic mass is 9.65. The van der Waals surface area contributed by atoms with Crippen LogP contribution in [0, 0.1) is 0 Å². The number of nitrogens with zero attached hydrogens (tertiary/aromatic N) is 1. The lowest BCUT2D eigenvalue weighted by molar-refractivity contribution is 0.447. The van der Waals surface area contributed by atoms with Crippen molar-refractivity contribution >= 4 is 38.6 Å². The molecule has 1 aliphatic heterocycles. The summed E-state index contributed by atoms with van der Waals surface area (Å²) >= 11 is 0. The summed E-state index contributed by atoms with van der Waals surface area (Å²) in [7, 11) is 0. The third-order valence-electron chi connectivity index (χ3n) is 11.3. The molecule has 2 heteroatoms. The second-order valence-corrected chi connectivity index (χ2v) is 14.0. The second kappa shape index (κ2) is 11.6. The number of hydrogen-bond donors (Lipinski definition) is 0. The minimum absolute atomic E-state index is 0.573. The molecule has 0 radical (unpaired) electrons. The van der Waals surface area contributed by atoms with Crippen LogP contribution < -0.4 is 9.64 Å². The van der Waals surface area contributed by atoms with Crippen LogP contribution in [0.3, 0.4) is 0 Å². The minimum Gasteiger partial charge on any atom is -0.455 e. The fraction of sp³-hybridized carbons (Fsp3) is 0.0196. The van der Waals surface area contributed by atoms with Crippen molar-refractivity contribution in [2.45, 2.75) is 5.41 Å². The standard InChI is InChI=1S/C51H33NO/c1-3-13-34(14-4-1)35-23-27-39(28-24-35)52(38-17-5-2-6-18-38)40-29-32-46-44(33-40)43-21-11-12-22-45(43)51(46)47-30-25-36-15-7-9-19-41(36)49(47)53-50-42-20-10-8-16-37(42)26-31-48(50)51/h1-33H. The van der Waals surface area contributed by atoms with E-state index in [1.807, 2.05) is 0 Å². The highest BCUT2D eigenvalue weighted by molar-refractivity contribution is 6.00. The van der Waals surface area contributed by atoms with Gasteiger partial charge in [-0.1, -0.05) is 164 Å². The lowest BCUT2D eigenvalue weighted by Gasteiger charge is -2.40. The first-order valence-electron chi connectivity index (χ1n) is 18.3. The van der Waals surface area contributed by atoms with Crippen LogP contribution in [0.2, 0.25) is 0 Å². The quantitative estimate of drug-likeness (QED) is 0.184. The number of rotatable bonds is 4. The molecule has 1 aliphatic carbocycles. The van der Waals surface area contributed by atoms with Gasteiger partial charge in [0, 0.05) is 39.0 Å². The van der Waals surface area contributed by atoms with E-state index in [1.165, 1.54) is 55.3 Å². The SMILES string of the molecule is c1ccc(-c2ccc(N(c3ccccc3)c3ccc4c(c3)-c3ccccc3C43c4ccc5ccccc5c4Oc4c3ccc3ccccc43)cc2)cc1. The minimum atomic E-state index is -0.573. The third-order valence-corrected chi connectivity index (χ3v) is 11.3. The maximum atomic E-state index is 7.13. The number of fused-ring (bicyclic) bond motifs is 13. The fourth-order valence-corrected chi connectivity index (χ4v) is 8.99. The van der Waals surface area contributed by atoms with E-state index < -0.39 is 5.41 Å². The summed E-state index contributed by atoms with van der Waals surface area (Å²) < 4.78 is 7.13. The fourth-order valence-electron chi connectivity index (χ4n) is 8.99. The zero-order valence-corrected chi connectivity index (χ0v) is 28.9. The molecule has 1 spiro atoms. The molecule has 1 heterocycles. The van der Waals surface area contributed by atoms with Crippen LogP contribution in [0.25, 0.3) is 43.8 Å². The highest BCUT2D eigenvalue weighted by Crippen LogP contribution is 2.64. The van der Waals surface area contributed by atoms with Gasteiger partial charge in [0.05, 0.1) is 5.41 Å². The van der Waals surface area contributed by atoms with Crippen LogP contribution in [-0.4, -0.2) is 0 Å². The Balaban J connectivity index is 1.17. The van der Waals surface area contributed by atoms with Crippen molar-refractivity contribution in [3.8, 4) is 33.8 Å². The molecule has 0 aromatic heterocycles. The normalized spacial score (nSPS) is 13.2. The van der Waals surface area contributed by atoms with E-state index in [2.05, 4.69) is 205 Å². The summed E-state index contributed by atoms with van der Waals surface area (Å²) in [6.45, 7) is 0. The van der Waals surface area contributed by atoms with E-state index in [1.54, 1.807) is 0 Å². The maximum absolute atomic E-state index is 7.13. The van der Waals surface area contributed by atoms with Crippen molar-refractivity contribution in [2.75, 3.05) is 4.90 Å². The van der Waals surface area contributed by atoms with Crippen LogP contribution in [0.15, 0.2) is 200 Å². The highest BCUT2D eigenvalue weighted by Gasteiger charge is 2.52. The molecule has 0 saturated heterocycles. The molecule has 0 saturated carbocycles. The molecule has 248 valence electrons. The van der Waals surface area contributed by atoms with E-state index in [4.69, 9.17) is 4.74 Å². The Morgan fingerprint density at radius 3 is 1.51 bits per heavy atom. The molecule has 0 unspecified atom stereocenters. The topological polar surface area (TPSA) is 12.5 Å². The van der Waals surface area contributed by atoms with Crippen molar-refractivity contribution < 1.29 is 4.74 Å². The van der Waals surface area contributed by atoms with Gasteiger partial charge in [0.1, 0.15) is 11.5 Å². The summed E-state index contributed by atoms with van der Waals surface area (Å²) in [5.74, 6) is 1.87. The molecule has 2 nitrogen and oxygen atoms in total. The van der Waals surface area contributed by atoms with Gasteiger partial charge in [-0.25, -0.2) is 0 Å². The van der Waals surface area contributed by atoms with Gasteiger partial charge in [-0.15, -0.1) is 0 Å². The largest absolute Gasteiger partial charge is 0.455 e. The number of para-hydroxylation sites is 1. The second-order valence-electron chi connectivity index (χ2n) is 14.0. The number of benzene rings is 9. The zero-order valence-electron chi connectivity index (χ0n) is 28.9. The molecule has 53 heavy (non-hydrogen) atoms. The van der Waals surface area contributed by atoms with Crippen molar-refractivity contribution in [1.29, 1.82) is 0 Å². The van der Waals surface area contributed by atoms with Crippen LogP contribution in [0.1, 0.15) is 22.3 Å². The average molecular weight is 676 g/mol. The Hall–Kier alpha value is -6.90. The molecule has 0 amide bonds. The smallest absolute Gasteiger partial charge is 0.140 e. The van der Waals surface area contributed by atoms with Gasteiger partial charge in [0.25, 0.3) is 0 Å². The molecule has 9 aromatic rings. The summed E-state index contributed by atoms with van der Waals surface area (Å²) in [4.78, 5) is 2.37. The van der Waals surface area contributed by atoms with Gasteiger partial charge in [-0.05, 0) is 80.6 Å². The Labute approximate surface area is 308 Å². The van der Waals surface area contributed by atoms with Crippen LogP contribution >= 0.6 is 0 Å². The number of anilines is 3. The molecule has 0 bridgehead atoms. The van der Waals surface area contributed by atoms with Crippen LogP contribution in [-0.2, 0) is 5.41 Å². The average Bonchev–Trinajstić information content (AvgIpc) is 3.52. The van der Waals surface area contributed by atoms with Crippen LogP contribution in [0.4, 0.5) is 17.1 Å². The zero-order chi connectivity index (χ0) is 34.9. The number of hydrogen-bond acceptors (Lipinski definition) is 2. The predicted molar refractivity (Wildman–Crippen MR) is 219 cm³/mol. The molecule has 0 N–H and O–H groups in total.